The molecule has 0 aromatic rings. The predicted octanol–water partition coefficient (Wildman–Crippen LogP) is 3.13. The number of halogens is 3. The molecule has 0 aliphatic heterocycles. The van der Waals surface area contributed by atoms with E-state index in [2.05, 4.69) is 15.9 Å². The van der Waals surface area contributed by atoms with Crippen molar-refractivity contribution in [2.75, 3.05) is 0 Å². The summed E-state index contributed by atoms with van der Waals surface area (Å²) < 4.78 is 11.7. The molecular formula is C6H5BrClF. The van der Waals surface area contributed by atoms with Gasteiger partial charge in [-0.2, -0.15) is 0 Å². The Morgan fingerprint density at radius 2 is 2.44 bits per heavy atom. The van der Waals surface area contributed by atoms with Gasteiger partial charge < -0.3 is 0 Å². The lowest BCUT2D eigenvalue weighted by Crippen LogP contribution is -2.08. The van der Waals surface area contributed by atoms with E-state index < -0.39 is 3.78 Å². The van der Waals surface area contributed by atoms with Crippen molar-refractivity contribution in [2.45, 2.75) is 10.2 Å². The lowest BCUT2D eigenvalue weighted by Gasteiger charge is -2.15. The van der Waals surface area contributed by atoms with Crippen LogP contribution >= 0.6 is 27.5 Å². The third-order valence-electron chi connectivity index (χ3n) is 1.02. The molecule has 0 heterocycles. The van der Waals surface area contributed by atoms with Gasteiger partial charge in [-0.15, -0.1) is 11.6 Å². The van der Waals surface area contributed by atoms with Crippen LogP contribution in [0.4, 0.5) is 4.39 Å². The summed E-state index contributed by atoms with van der Waals surface area (Å²) in [7, 11) is 0. The van der Waals surface area contributed by atoms with Crippen molar-refractivity contribution in [3.05, 3.63) is 24.1 Å². The molecule has 0 radical (unpaired) electrons. The fourth-order valence-corrected chi connectivity index (χ4v) is 1.24. The van der Waals surface area contributed by atoms with Gasteiger partial charge in [-0.25, -0.2) is 4.39 Å². The third-order valence-corrected chi connectivity index (χ3v) is 1.83. The molecule has 0 bridgehead atoms. The Labute approximate surface area is 66.5 Å². The molecule has 9 heavy (non-hydrogen) atoms. The minimum Gasteiger partial charge on any atom is -0.207 e. The molecule has 1 atom stereocenters. The van der Waals surface area contributed by atoms with Crippen LogP contribution in [0.1, 0.15) is 6.42 Å². The van der Waals surface area contributed by atoms with Gasteiger partial charge in [0.1, 0.15) is 9.61 Å². The first-order chi connectivity index (χ1) is 4.10. The van der Waals surface area contributed by atoms with Crippen LogP contribution in [0, 0.1) is 0 Å². The largest absolute Gasteiger partial charge is 0.207 e. The first-order valence-electron chi connectivity index (χ1n) is 2.53. The lowest BCUT2D eigenvalue weighted by molar-refractivity contribution is 0.650. The van der Waals surface area contributed by atoms with Crippen molar-refractivity contribution in [3.63, 3.8) is 0 Å². The van der Waals surface area contributed by atoms with Crippen LogP contribution in [0.25, 0.3) is 0 Å². The van der Waals surface area contributed by atoms with E-state index in [1.165, 1.54) is 12.2 Å². The molecule has 50 valence electrons. The molecule has 0 saturated heterocycles. The van der Waals surface area contributed by atoms with E-state index in [0.29, 0.717) is 6.42 Å². The molecule has 0 saturated carbocycles. The average molecular weight is 211 g/mol. The maximum Gasteiger partial charge on any atom is 0.124 e. The van der Waals surface area contributed by atoms with Crippen molar-refractivity contribution >= 4 is 27.5 Å². The number of alkyl halides is 2. The second kappa shape index (κ2) is 2.43. The number of hydrogen-bond donors (Lipinski definition) is 0. The highest BCUT2D eigenvalue weighted by Crippen LogP contribution is 2.34. The Hall–Kier alpha value is 0.180. The summed E-state index contributed by atoms with van der Waals surface area (Å²) in [6, 6.07) is 0. The Morgan fingerprint density at radius 1 is 1.78 bits per heavy atom. The predicted molar refractivity (Wildman–Crippen MR) is 40.5 cm³/mol. The number of rotatable bonds is 0. The highest BCUT2D eigenvalue weighted by Gasteiger charge is 2.21. The molecule has 0 fully saturated rings. The van der Waals surface area contributed by atoms with Crippen LogP contribution in [-0.4, -0.2) is 3.78 Å². The first kappa shape index (κ1) is 7.29. The lowest BCUT2D eigenvalue weighted by atomic mass is 10.2. The minimum absolute atomic E-state index is 0.284. The highest BCUT2D eigenvalue weighted by atomic mass is 79.9. The van der Waals surface area contributed by atoms with Crippen LogP contribution in [0.5, 0.6) is 0 Å². The van der Waals surface area contributed by atoms with Crippen molar-refractivity contribution in [2.24, 2.45) is 0 Å². The summed E-state index contributed by atoms with van der Waals surface area (Å²) in [6.07, 6.45) is 5.06. The summed E-state index contributed by atoms with van der Waals surface area (Å²) in [5.74, 6) is -0.284. The summed E-state index contributed by atoms with van der Waals surface area (Å²) in [5, 5.41) is 0. The van der Waals surface area contributed by atoms with Gasteiger partial charge in [0.25, 0.3) is 0 Å². The Kier molecular flexibility index (Phi) is 1.97. The standard InChI is InChI=1S/C6H5BrClF/c7-6(8)3-1-2-5(9)4-6/h1-2,4H,3H2. The van der Waals surface area contributed by atoms with Crippen LogP contribution < -0.4 is 0 Å². The second-order valence-electron chi connectivity index (χ2n) is 1.90. The maximum atomic E-state index is 12.3. The average Bonchev–Trinajstić information content (AvgIpc) is 1.60. The Morgan fingerprint density at radius 3 is 2.78 bits per heavy atom. The minimum atomic E-state index is -0.689. The maximum absolute atomic E-state index is 12.3. The van der Waals surface area contributed by atoms with E-state index in [4.69, 9.17) is 11.6 Å². The molecular weight excluding hydrogens is 206 g/mol. The SMILES string of the molecule is FC1=CC(Cl)(Br)CC=C1. The zero-order valence-electron chi connectivity index (χ0n) is 4.57. The van der Waals surface area contributed by atoms with E-state index in [9.17, 15) is 4.39 Å². The summed E-state index contributed by atoms with van der Waals surface area (Å²) in [4.78, 5) is 0. The summed E-state index contributed by atoms with van der Waals surface area (Å²) in [6.45, 7) is 0. The van der Waals surface area contributed by atoms with E-state index in [-0.39, 0.29) is 5.83 Å². The first-order valence-corrected chi connectivity index (χ1v) is 3.70. The smallest absolute Gasteiger partial charge is 0.124 e. The van der Waals surface area contributed by atoms with Gasteiger partial charge in [0.15, 0.2) is 0 Å². The fourth-order valence-electron chi connectivity index (χ4n) is 0.637. The molecule has 1 aliphatic carbocycles. The molecule has 0 spiro atoms. The molecule has 0 nitrogen and oxygen atoms in total. The normalized spacial score (nSPS) is 34.3. The number of hydrogen-bond acceptors (Lipinski definition) is 0. The van der Waals surface area contributed by atoms with Crippen molar-refractivity contribution in [1.29, 1.82) is 0 Å². The van der Waals surface area contributed by atoms with Gasteiger partial charge in [0.2, 0.25) is 0 Å². The quantitative estimate of drug-likeness (QED) is 0.540. The second-order valence-corrected chi connectivity index (χ2v) is 4.44. The third kappa shape index (κ3) is 2.11. The molecule has 1 rings (SSSR count). The number of allylic oxidation sites excluding steroid dienone is 4. The van der Waals surface area contributed by atoms with Gasteiger partial charge in [-0.05, 0) is 18.6 Å². The van der Waals surface area contributed by atoms with Crippen LogP contribution in [0.3, 0.4) is 0 Å². The Balaban J connectivity index is 2.78. The topological polar surface area (TPSA) is 0 Å². The van der Waals surface area contributed by atoms with Crippen LogP contribution in [0.15, 0.2) is 24.1 Å². The zero-order chi connectivity index (χ0) is 6.91. The van der Waals surface area contributed by atoms with Crippen LogP contribution in [-0.2, 0) is 0 Å². The van der Waals surface area contributed by atoms with Gasteiger partial charge in [0, 0.05) is 0 Å². The highest BCUT2D eigenvalue weighted by molar-refractivity contribution is 9.10. The van der Waals surface area contributed by atoms with Gasteiger partial charge in [-0.1, -0.05) is 22.0 Å². The van der Waals surface area contributed by atoms with Crippen LogP contribution in [0.2, 0.25) is 0 Å². The van der Waals surface area contributed by atoms with Gasteiger partial charge in [0.05, 0.1) is 0 Å². The molecule has 0 N–H and O–H groups in total. The van der Waals surface area contributed by atoms with E-state index >= 15 is 0 Å². The fraction of sp³-hybridized carbons (Fsp3) is 0.333. The summed E-state index contributed by atoms with van der Waals surface area (Å²) >= 11 is 8.85. The van der Waals surface area contributed by atoms with Crippen molar-refractivity contribution < 1.29 is 4.39 Å². The van der Waals surface area contributed by atoms with Gasteiger partial charge in [-0.3, -0.25) is 0 Å². The Bertz CT molecular complexity index is 172. The van der Waals surface area contributed by atoms with E-state index in [1.54, 1.807) is 6.08 Å². The molecule has 1 aliphatic rings. The van der Waals surface area contributed by atoms with E-state index in [0.717, 1.165) is 0 Å². The zero-order valence-corrected chi connectivity index (χ0v) is 6.91. The van der Waals surface area contributed by atoms with Crippen molar-refractivity contribution in [3.8, 4) is 0 Å². The van der Waals surface area contributed by atoms with Gasteiger partial charge >= 0.3 is 0 Å². The monoisotopic (exact) mass is 210 g/mol. The van der Waals surface area contributed by atoms with E-state index in [1.807, 2.05) is 0 Å². The summed E-state index contributed by atoms with van der Waals surface area (Å²) in [5.41, 5.74) is 0. The molecule has 0 aromatic carbocycles. The molecule has 0 aromatic heterocycles. The molecule has 3 heteroatoms. The molecule has 1 unspecified atom stereocenters. The van der Waals surface area contributed by atoms with Crippen molar-refractivity contribution in [1.82, 2.24) is 0 Å². The molecule has 0 amide bonds.